The summed E-state index contributed by atoms with van der Waals surface area (Å²) in [5.41, 5.74) is 0. The molecule has 0 aromatic carbocycles. The second-order valence-corrected chi connectivity index (χ2v) is 4.98. The lowest BCUT2D eigenvalue weighted by Crippen LogP contribution is -2.32. The molecule has 84 valence electrons. The Morgan fingerprint density at radius 3 is 3.33 bits per heavy atom. The second kappa shape index (κ2) is 5.58. The Hall–Kier alpha value is -0.450. The molecule has 0 unspecified atom stereocenters. The van der Waals surface area contributed by atoms with Crippen LogP contribution in [0.2, 0.25) is 0 Å². The maximum atomic E-state index is 5.83. The van der Waals surface area contributed by atoms with Gasteiger partial charge in [-0.1, -0.05) is 0 Å². The zero-order valence-electron chi connectivity index (χ0n) is 9.11. The number of thiazole rings is 1. The fourth-order valence-electron chi connectivity index (χ4n) is 1.85. The number of hydrogen-bond acceptors (Lipinski definition) is 4. The minimum absolute atomic E-state index is 0.145. The summed E-state index contributed by atoms with van der Waals surface area (Å²) < 4.78 is 5.83. The highest BCUT2D eigenvalue weighted by Gasteiger charge is 2.15. The van der Waals surface area contributed by atoms with Crippen molar-refractivity contribution >= 4 is 11.3 Å². The van der Waals surface area contributed by atoms with Gasteiger partial charge in [0.15, 0.2) is 0 Å². The van der Waals surface area contributed by atoms with E-state index in [0.29, 0.717) is 5.92 Å². The topological polar surface area (TPSA) is 34.1 Å². The van der Waals surface area contributed by atoms with Crippen LogP contribution in [-0.4, -0.2) is 24.7 Å². The van der Waals surface area contributed by atoms with E-state index in [4.69, 9.17) is 4.74 Å². The van der Waals surface area contributed by atoms with E-state index in [0.717, 1.165) is 18.2 Å². The van der Waals surface area contributed by atoms with Gasteiger partial charge in [0.05, 0.1) is 6.61 Å². The van der Waals surface area contributed by atoms with Crippen molar-refractivity contribution in [3.8, 4) is 0 Å². The zero-order chi connectivity index (χ0) is 10.5. The first kappa shape index (κ1) is 11.0. The van der Waals surface area contributed by atoms with Crippen LogP contribution in [0.1, 0.15) is 30.9 Å². The predicted octanol–water partition coefficient (Wildman–Crippen LogP) is 2.22. The molecule has 0 bridgehead atoms. The first-order valence-electron chi connectivity index (χ1n) is 5.58. The van der Waals surface area contributed by atoms with Gasteiger partial charge in [-0.15, -0.1) is 11.3 Å². The Kier molecular flexibility index (Phi) is 4.11. The summed E-state index contributed by atoms with van der Waals surface area (Å²) >= 11 is 1.67. The lowest BCUT2D eigenvalue weighted by atomic mass is 10.0. The van der Waals surface area contributed by atoms with Gasteiger partial charge in [-0.2, -0.15) is 0 Å². The maximum Gasteiger partial charge on any atom is 0.121 e. The maximum absolute atomic E-state index is 5.83. The standard InChI is InChI=1S/C11H18N2OS/c1-9(11-13-5-6-15-11)14-8-10-3-2-4-12-7-10/h5-6,9-10,12H,2-4,7-8H2,1H3/t9-,10+/m1/s1. The molecule has 2 rings (SSSR count). The normalized spacial score (nSPS) is 23.9. The van der Waals surface area contributed by atoms with Crippen molar-refractivity contribution in [3.05, 3.63) is 16.6 Å². The number of hydrogen-bond donors (Lipinski definition) is 1. The quantitative estimate of drug-likeness (QED) is 0.855. The Morgan fingerprint density at radius 2 is 2.67 bits per heavy atom. The van der Waals surface area contributed by atoms with E-state index in [1.165, 1.54) is 19.4 Å². The van der Waals surface area contributed by atoms with Crippen LogP contribution in [0.4, 0.5) is 0 Å². The van der Waals surface area contributed by atoms with E-state index in [1.54, 1.807) is 11.3 Å². The van der Waals surface area contributed by atoms with E-state index in [9.17, 15) is 0 Å². The van der Waals surface area contributed by atoms with Crippen molar-refractivity contribution in [2.75, 3.05) is 19.7 Å². The molecule has 0 saturated carbocycles. The van der Waals surface area contributed by atoms with Gasteiger partial charge < -0.3 is 10.1 Å². The molecule has 2 heterocycles. The molecule has 15 heavy (non-hydrogen) atoms. The molecule has 1 aliphatic rings. The van der Waals surface area contributed by atoms with Crippen LogP contribution < -0.4 is 5.32 Å². The summed E-state index contributed by atoms with van der Waals surface area (Å²) in [6.45, 7) is 5.20. The van der Waals surface area contributed by atoms with E-state index in [-0.39, 0.29) is 6.10 Å². The van der Waals surface area contributed by atoms with Crippen LogP contribution >= 0.6 is 11.3 Å². The monoisotopic (exact) mass is 226 g/mol. The van der Waals surface area contributed by atoms with Gasteiger partial charge in [-0.25, -0.2) is 4.98 Å². The molecule has 2 atom stereocenters. The van der Waals surface area contributed by atoms with Crippen LogP contribution in [0.3, 0.4) is 0 Å². The average Bonchev–Trinajstić information content (AvgIpc) is 2.81. The molecular formula is C11H18N2OS. The van der Waals surface area contributed by atoms with Gasteiger partial charge in [-0.3, -0.25) is 0 Å². The Labute approximate surface area is 94.9 Å². The van der Waals surface area contributed by atoms with Crippen LogP contribution in [0.25, 0.3) is 0 Å². The molecule has 1 saturated heterocycles. The third-order valence-electron chi connectivity index (χ3n) is 2.78. The molecule has 0 spiro atoms. The third-order valence-corrected chi connectivity index (χ3v) is 3.72. The van der Waals surface area contributed by atoms with Crippen molar-refractivity contribution in [2.45, 2.75) is 25.9 Å². The lowest BCUT2D eigenvalue weighted by Gasteiger charge is -2.23. The zero-order valence-corrected chi connectivity index (χ0v) is 9.93. The number of aromatic nitrogens is 1. The number of ether oxygens (including phenoxy) is 1. The SMILES string of the molecule is C[C@@H](OC[C@H]1CCCNC1)c1nccs1. The van der Waals surface area contributed by atoms with Crippen LogP contribution in [0.5, 0.6) is 0 Å². The highest BCUT2D eigenvalue weighted by Crippen LogP contribution is 2.20. The largest absolute Gasteiger partial charge is 0.371 e. The van der Waals surface area contributed by atoms with E-state index >= 15 is 0 Å². The molecule has 1 N–H and O–H groups in total. The van der Waals surface area contributed by atoms with Crippen molar-refractivity contribution in [1.82, 2.24) is 10.3 Å². The van der Waals surface area contributed by atoms with E-state index < -0.39 is 0 Å². The second-order valence-electron chi connectivity index (χ2n) is 4.06. The first-order valence-corrected chi connectivity index (χ1v) is 6.46. The summed E-state index contributed by atoms with van der Waals surface area (Å²) in [5.74, 6) is 0.682. The van der Waals surface area contributed by atoms with Crippen molar-refractivity contribution < 1.29 is 4.74 Å². The summed E-state index contributed by atoms with van der Waals surface area (Å²) in [4.78, 5) is 4.26. The molecule has 1 aliphatic heterocycles. The Bertz CT molecular complexity index is 270. The number of rotatable bonds is 4. The van der Waals surface area contributed by atoms with Gasteiger partial charge in [0.1, 0.15) is 11.1 Å². The summed E-state index contributed by atoms with van der Waals surface area (Å²) in [7, 11) is 0. The molecule has 4 heteroatoms. The average molecular weight is 226 g/mol. The Morgan fingerprint density at radius 1 is 1.73 bits per heavy atom. The highest BCUT2D eigenvalue weighted by molar-refractivity contribution is 7.09. The van der Waals surface area contributed by atoms with E-state index in [2.05, 4.69) is 17.2 Å². The molecular weight excluding hydrogens is 208 g/mol. The van der Waals surface area contributed by atoms with Crippen LogP contribution in [-0.2, 0) is 4.74 Å². The molecule has 3 nitrogen and oxygen atoms in total. The lowest BCUT2D eigenvalue weighted by molar-refractivity contribution is 0.0334. The number of nitrogens with one attached hydrogen (secondary N) is 1. The summed E-state index contributed by atoms with van der Waals surface area (Å²) in [6.07, 6.45) is 4.55. The van der Waals surface area contributed by atoms with Gasteiger partial charge in [-0.05, 0) is 32.2 Å². The van der Waals surface area contributed by atoms with Gasteiger partial charge >= 0.3 is 0 Å². The van der Waals surface area contributed by atoms with Crippen LogP contribution in [0, 0.1) is 5.92 Å². The van der Waals surface area contributed by atoms with Gasteiger partial charge in [0.2, 0.25) is 0 Å². The van der Waals surface area contributed by atoms with E-state index in [1.807, 2.05) is 11.6 Å². The predicted molar refractivity (Wildman–Crippen MR) is 62.1 cm³/mol. The molecule has 0 amide bonds. The van der Waals surface area contributed by atoms with Gasteiger partial charge in [0, 0.05) is 18.1 Å². The number of piperidine rings is 1. The minimum Gasteiger partial charge on any atom is -0.371 e. The fraction of sp³-hybridized carbons (Fsp3) is 0.727. The van der Waals surface area contributed by atoms with Crippen molar-refractivity contribution in [2.24, 2.45) is 5.92 Å². The molecule has 0 aliphatic carbocycles. The minimum atomic E-state index is 0.145. The van der Waals surface area contributed by atoms with Crippen LogP contribution in [0.15, 0.2) is 11.6 Å². The molecule has 1 aromatic heterocycles. The van der Waals surface area contributed by atoms with Gasteiger partial charge in [0.25, 0.3) is 0 Å². The van der Waals surface area contributed by atoms with Crippen molar-refractivity contribution in [1.29, 1.82) is 0 Å². The van der Waals surface area contributed by atoms with Crippen molar-refractivity contribution in [3.63, 3.8) is 0 Å². The fourth-order valence-corrected chi connectivity index (χ4v) is 2.50. The Balaban J connectivity index is 1.73. The summed E-state index contributed by atoms with van der Waals surface area (Å²) in [5, 5.41) is 6.48. The summed E-state index contributed by atoms with van der Waals surface area (Å²) in [6, 6.07) is 0. The molecule has 0 radical (unpaired) electrons. The molecule has 1 fully saturated rings. The smallest absolute Gasteiger partial charge is 0.121 e. The highest BCUT2D eigenvalue weighted by atomic mass is 32.1. The first-order chi connectivity index (χ1) is 7.36. The third kappa shape index (κ3) is 3.26. The molecule has 1 aromatic rings. The number of nitrogens with zero attached hydrogens (tertiary/aromatic N) is 1.